The molecule has 140 valence electrons. The molecular formula is C17H16N4O5S. The third kappa shape index (κ3) is 4.49. The molecule has 3 rings (SSSR count). The number of anilines is 3. The van der Waals surface area contributed by atoms with Crippen molar-refractivity contribution in [2.45, 2.75) is 18.7 Å². The molecular weight excluding hydrogens is 372 g/mol. The largest absolute Gasteiger partial charge is 0.459 e. The highest BCUT2D eigenvalue weighted by Gasteiger charge is 2.20. The van der Waals surface area contributed by atoms with Crippen LogP contribution in [-0.4, -0.2) is 28.8 Å². The Morgan fingerprint density at radius 2 is 1.81 bits per heavy atom. The lowest BCUT2D eigenvalue weighted by Crippen LogP contribution is -2.14. The molecule has 0 saturated heterocycles. The summed E-state index contributed by atoms with van der Waals surface area (Å²) < 4.78 is 38.0. The van der Waals surface area contributed by atoms with Crippen molar-refractivity contribution < 1.29 is 22.2 Å². The van der Waals surface area contributed by atoms with Gasteiger partial charge in [0.2, 0.25) is 5.95 Å². The van der Waals surface area contributed by atoms with Gasteiger partial charge in [0.1, 0.15) is 4.90 Å². The van der Waals surface area contributed by atoms with E-state index in [1.807, 2.05) is 0 Å². The summed E-state index contributed by atoms with van der Waals surface area (Å²) >= 11 is 0. The van der Waals surface area contributed by atoms with Crippen LogP contribution < -0.4 is 10.6 Å². The molecule has 0 spiro atoms. The second-order valence-corrected chi connectivity index (χ2v) is 7.11. The first kappa shape index (κ1) is 18.5. The van der Waals surface area contributed by atoms with Gasteiger partial charge in [-0.2, -0.15) is 8.42 Å². The Bertz CT molecular complexity index is 1070. The molecule has 0 radical (unpaired) electrons. The standard InChI is InChI=1S/C17H16N4O5S/c1-10-8-11(2)19-17(18-10)20-12-5-6-13(15(9-12)27(23,24)25)21-16(22)14-4-3-7-26-14/h3-9H,1-2H3,(H,21,22)(H,18,19,20)(H,23,24,25). The number of rotatable bonds is 5. The minimum absolute atomic E-state index is 0.00197. The molecule has 3 aromatic rings. The van der Waals surface area contributed by atoms with Crippen LogP contribution in [0.15, 0.2) is 52.0 Å². The van der Waals surface area contributed by atoms with Crippen LogP contribution in [-0.2, 0) is 10.1 Å². The third-order valence-electron chi connectivity index (χ3n) is 3.49. The number of carbonyl (C=O) groups excluding carboxylic acids is 1. The van der Waals surface area contributed by atoms with Gasteiger partial charge < -0.3 is 15.1 Å². The number of aromatic nitrogens is 2. The second kappa shape index (κ2) is 7.17. The highest BCUT2D eigenvalue weighted by Crippen LogP contribution is 2.27. The average molecular weight is 388 g/mol. The van der Waals surface area contributed by atoms with Gasteiger partial charge >= 0.3 is 0 Å². The van der Waals surface area contributed by atoms with Gasteiger partial charge in [0, 0.05) is 17.1 Å². The molecule has 2 heterocycles. The van der Waals surface area contributed by atoms with Crippen molar-refractivity contribution in [1.82, 2.24) is 9.97 Å². The van der Waals surface area contributed by atoms with Gasteiger partial charge in [-0.25, -0.2) is 9.97 Å². The van der Waals surface area contributed by atoms with Crippen molar-refractivity contribution in [3.63, 3.8) is 0 Å². The van der Waals surface area contributed by atoms with E-state index in [2.05, 4.69) is 20.6 Å². The number of benzene rings is 1. The van der Waals surface area contributed by atoms with Crippen molar-refractivity contribution in [2.75, 3.05) is 10.6 Å². The van der Waals surface area contributed by atoms with Crippen molar-refractivity contribution in [3.8, 4) is 0 Å². The predicted molar refractivity (Wildman–Crippen MR) is 97.7 cm³/mol. The first-order valence-corrected chi connectivity index (χ1v) is 9.22. The first-order valence-electron chi connectivity index (χ1n) is 7.78. The van der Waals surface area contributed by atoms with E-state index in [0.29, 0.717) is 5.69 Å². The Hall–Kier alpha value is -3.24. The zero-order chi connectivity index (χ0) is 19.6. The SMILES string of the molecule is Cc1cc(C)nc(Nc2ccc(NC(=O)c3ccco3)c(S(=O)(=O)O)c2)n1. The summed E-state index contributed by atoms with van der Waals surface area (Å²) in [6.07, 6.45) is 1.31. The van der Waals surface area contributed by atoms with Gasteiger partial charge in [-0.15, -0.1) is 0 Å². The number of hydrogen-bond donors (Lipinski definition) is 3. The van der Waals surface area contributed by atoms with Gasteiger partial charge in [0.15, 0.2) is 5.76 Å². The van der Waals surface area contributed by atoms with Crippen LogP contribution in [0.2, 0.25) is 0 Å². The summed E-state index contributed by atoms with van der Waals surface area (Å²) in [5.74, 6) is -0.369. The van der Waals surface area contributed by atoms with Crippen LogP contribution in [0.5, 0.6) is 0 Å². The lowest BCUT2D eigenvalue weighted by molar-refractivity contribution is 0.0996. The fourth-order valence-corrected chi connectivity index (χ4v) is 3.09. The van der Waals surface area contributed by atoms with E-state index in [1.54, 1.807) is 19.9 Å². The fraction of sp³-hybridized carbons (Fsp3) is 0.118. The van der Waals surface area contributed by atoms with Crippen LogP contribution in [0.3, 0.4) is 0 Å². The van der Waals surface area contributed by atoms with Crippen LogP contribution in [0.25, 0.3) is 0 Å². The maximum Gasteiger partial charge on any atom is 0.296 e. The molecule has 0 atom stereocenters. The van der Waals surface area contributed by atoms with Gasteiger partial charge in [0.25, 0.3) is 16.0 Å². The molecule has 10 heteroatoms. The Labute approximate surface area is 155 Å². The number of aryl methyl sites for hydroxylation is 2. The molecule has 0 bridgehead atoms. The van der Waals surface area contributed by atoms with Gasteiger partial charge in [-0.1, -0.05) is 0 Å². The third-order valence-corrected chi connectivity index (χ3v) is 4.38. The van der Waals surface area contributed by atoms with E-state index in [9.17, 15) is 17.8 Å². The van der Waals surface area contributed by atoms with E-state index < -0.39 is 20.9 Å². The summed E-state index contributed by atoms with van der Waals surface area (Å²) in [5.41, 5.74) is 1.71. The lowest BCUT2D eigenvalue weighted by Gasteiger charge is -2.12. The van der Waals surface area contributed by atoms with E-state index in [-0.39, 0.29) is 17.4 Å². The predicted octanol–water partition coefficient (Wildman–Crippen LogP) is 2.93. The topological polar surface area (TPSA) is 134 Å². The van der Waals surface area contributed by atoms with Crippen LogP contribution >= 0.6 is 0 Å². The maximum absolute atomic E-state index is 12.1. The number of furan rings is 1. The number of carbonyl (C=O) groups is 1. The van der Waals surface area contributed by atoms with Crippen LogP contribution in [0.1, 0.15) is 21.9 Å². The average Bonchev–Trinajstić information content (AvgIpc) is 3.09. The lowest BCUT2D eigenvalue weighted by atomic mass is 10.2. The second-order valence-electron chi connectivity index (χ2n) is 5.72. The molecule has 2 aromatic heterocycles. The summed E-state index contributed by atoms with van der Waals surface area (Å²) in [7, 11) is -4.61. The van der Waals surface area contributed by atoms with Gasteiger partial charge in [-0.05, 0) is 50.2 Å². The molecule has 3 N–H and O–H groups in total. The van der Waals surface area contributed by atoms with Crippen molar-refractivity contribution >= 4 is 33.3 Å². The van der Waals surface area contributed by atoms with Crippen molar-refractivity contribution in [2.24, 2.45) is 0 Å². The minimum atomic E-state index is -4.61. The van der Waals surface area contributed by atoms with Crippen LogP contribution in [0.4, 0.5) is 17.3 Å². The summed E-state index contributed by atoms with van der Waals surface area (Å²) in [6.45, 7) is 3.60. The Kier molecular flexibility index (Phi) is 4.93. The molecule has 0 aliphatic rings. The molecule has 0 aliphatic heterocycles. The normalized spacial score (nSPS) is 11.2. The van der Waals surface area contributed by atoms with E-state index in [0.717, 1.165) is 11.4 Å². The molecule has 0 fully saturated rings. The Balaban J connectivity index is 1.93. The van der Waals surface area contributed by atoms with Gasteiger partial charge in [0.05, 0.1) is 12.0 Å². The molecule has 0 saturated carbocycles. The highest BCUT2D eigenvalue weighted by atomic mass is 32.2. The van der Waals surface area contributed by atoms with Crippen LogP contribution in [0, 0.1) is 13.8 Å². The molecule has 0 unspecified atom stereocenters. The highest BCUT2D eigenvalue weighted by molar-refractivity contribution is 7.86. The zero-order valence-electron chi connectivity index (χ0n) is 14.4. The first-order chi connectivity index (χ1) is 12.7. The molecule has 9 nitrogen and oxygen atoms in total. The molecule has 1 amide bonds. The summed E-state index contributed by atoms with van der Waals surface area (Å²) in [5, 5.41) is 5.28. The van der Waals surface area contributed by atoms with Crippen molar-refractivity contribution in [3.05, 3.63) is 59.8 Å². The monoisotopic (exact) mass is 388 g/mol. The number of nitrogens with zero attached hydrogens (tertiary/aromatic N) is 2. The number of amides is 1. The Morgan fingerprint density at radius 3 is 2.41 bits per heavy atom. The summed E-state index contributed by atoms with van der Waals surface area (Å²) in [4.78, 5) is 20.0. The smallest absolute Gasteiger partial charge is 0.296 e. The molecule has 1 aromatic carbocycles. The van der Waals surface area contributed by atoms with Crippen molar-refractivity contribution in [1.29, 1.82) is 0 Å². The van der Waals surface area contributed by atoms with E-state index >= 15 is 0 Å². The Morgan fingerprint density at radius 1 is 1.11 bits per heavy atom. The summed E-state index contributed by atoms with van der Waals surface area (Å²) in [6, 6.07) is 8.78. The number of nitrogens with one attached hydrogen (secondary N) is 2. The fourth-order valence-electron chi connectivity index (χ4n) is 2.42. The quantitative estimate of drug-likeness (QED) is 0.568. The van der Waals surface area contributed by atoms with E-state index in [1.165, 1.54) is 36.6 Å². The molecule has 27 heavy (non-hydrogen) atoms. The maximum atomic E-state index is 12.1. The van der Waals surface area contributed by atoms with Gasteiger partial charge in [-0.3, -0.25) is 9.35 Å². The minimum Gasteiger partial charge on any atom is -0.459 e. The van der Waals surface area contributed by atoms with E-state index in [4.69, 9.17) is 4.42 Å². The number of hydrogen-bond acceptors (Lipinski definition) is 7. The molecule has 0 aliphatic carbocycles. The zero-order valence-corrected chi connectivity index (χ0v) is 15.2.